The molecular formula is C19H36O2. The molecule has 2 unspecified atom stereocenters. The third-order valence-corrected chi connectivity index (χ3v) is 6.50. The molecular weight excluding hydrogens is 260 g/mol. The summed E-state index contributed by atoms with van der Waals surface area (Å²) >= 11 is 0. The highest BCUT2D eigenvalue weighted by Crippen LogP contribution is 2.58. The number of aliphatic hydroxyl groups excluding tert-OH is 1. The van der Waals surface area contributed by atoms with Gasteiger partial charge in [0.1, 0.15) is 0 Å². The first-order chi connectivity index (χ1) is 9.54. The van der Waals surface area contributed by atoms with E-state index in [2.05, 4.69) is 20.8 Å². The molecule has 0 aromatic rings. The van der Waals surface area contributed by atoms with Gasteiger partial charge in [-0.05, 0) is 81.5 Å². The van der Waals surface area contributed by atoms with Crippen LogP contribution in [0.2, 0.25) is 0 Å². The van der Waals surface area contributed by atoms with Gasteiger partial charge in [-0.15, -0.1) is 0 Å². The van der Waals surface area contributed by atoms with E-state index in [-0.39, 0.29) is 11.5 Å². The average Bonchev–Trinajstić information content (AvgIpc) is 2.65. The Balaban J connectivity index is 1.99. The minimum absolute atomic E-state index is 0.0618. The van der Waals surface area contributed by atoms with Crippen LogP contribution in [0, 0.1) is 22.7 Å². The van der Waals surface area contributed by atoms with Crippen molar-refractivity contribution in [2.24, 2.45) is 22.7 Å². The normalized spacial score (nSPS) is 37.6. The molecule has 2 N–H and O–H groups in total. The predicted octanol–water partition coefficient (Wildman–Crippen LogP) is 4.53. The lowest BCUT2D eigenvalue weighted by Gasteiger charge is -2.45. The van der Waals surface area contributed by atoms with Gasteiger partial charge in [-0.25, -0.2) is 0 Å². The maximum absolute atomic E-state index is 10.3. The van der Waals surface area contributed by atoms with Crippen molar-refractivity contribution < 1.29 is 10.2 Å². The van der Waals surface area contributed by atoms with Gasteiger partial charge in [0.05, 0.1) is 11.7 Å². The lowest BCUT2D eigenvalue weighted by molar-refractivity contribution is -0.0266. The van der Waals surface area contributed by atoms with Crippen molar-refractivity contribution >= 4 is 0 Å². The largest absolute Gasteiger partial charge is 0.393 e. The van der Waals surface area contributed by atoms with Crippen molar-refractivity contribution in [2.45, 2.75) is 97.7 Å². The number of hydrogen-bond donors (Lipinski definition) is 2. The summed E-state index contributed by atoms with van der Waals surface area (Å²) in [7, 11) is 0. The second-order valence-electron chi connectivity index (χ2n) is 9.53. The summed E-state index contributed by atoms with van der Waals surface area (Å²) in [5, 5.41) is 20.3. The van der Waals surface area contributed by atoms with E-state index in [4.69, 9.17) is 0 Å². The van der Waals surface area contributed by atoms with Crippen molar-refractivity contribution in [1.82, 2.24) is 0 Å². The van der Waals surface area contributed by atoms with E-state index in [1.165, 1.54) is 32.1 Å². The third-order valence-electron chi connectivity index (χ3n) is 6.50. The Hall–Kier alpha value is -0.0800. The molecule has 0 aromatic carbocycles. The fourth-order valence-corrected chi connectivity index (χ4v) is 5.01. The van der Waals surface area contributed by atoms with E-state index in [0.717, 1.165) is 25.2 Å². The Labute approximate surface area is 131 Å². The molecule has 21 heavy (non-hydrogen) atoms. The van der Waals surface area contributed by atoms with Gasteiger partial charge in [-0.2, -0.15) is 0 Å². The molecule has 2 rings (SSSR count). The summed E-state index contributed by atoms with van der Waals surface area (Å²) in [4.78, 5) is 0. The summed E-state index contributed by atoms with van der Waals surface area (Å²) in [5.74, 6) is 1.27. The van der Waals surface area contributed by atoms with E-state index < -0.39 is 5.60 Å². The summed E-state index contributed by atoms with van der Waals surface area (Å²) in [6.45, 7) is 11.0. The van der Waals surface area contributed by atoms with Crippen LogP contribution in [-0.4, -0.2) is 21.9 Å². The number of hydrogen-bond acceptors (Lipinski definition) is 2. The van der Waals surface area contributed by atoms with E-state index in [9.17, 15) is 10.2 Å². The van der Waals surface area contributed by atoms with Gasteiger partial charge in [0.15, 0.2) is 0 Å². The van der Waals surface area contributed by atoms with Crippen LogP contribution in [0.5, 0.6) is 0 Å². The standard InChI is InChI=1S/C19H36O2/c1-17(2,11-12-18(3,4)21)13-14-8-9-15-16(20)7-6-10-19(14,15)5/h14-16,20-21H,6-13H2,1-5H3/t14?,15?,16-,19+/m0/s1. The first-order valence-corrected chi connectivity index (χ1v) is 8.94. The molecule has 2 aliphatic carbocycles. The SMILES string of the molecule is CC(C)(O)CCC(C)(C)CC1CCC2[C@@H](O)CCC[C@]12C. The zero-order chi connectivity index (χ0) is 15.9. The molecule has 0 amide bonds. The highest BCUT2D eigenvalue weighted by molar-refractivity contribution is 5.01. The van der Waals surface area contributed by atoms with Crippen LogP contribution in [0.4, 0.5) is 0 Å². The minimum Gasteiger partial charge on any atom is -0.393 e. The summed E-state index contributed by atoms with van der Waals surface area (Å²) in [5.41, 5.74) is 0.0784. The molecule has 2 nitrogen and oxygen atoms in total. The Morgan fingerprint density at radius 1 is 1.05 bits per heavy atom. The minimum atomic E-state index is -0.555. The van der Waals surface area contributed by atoms with Gasteiger partial charge in [-0.1, -0.05) is 27.2 Å². The van der Waals surface area contributed by atoms with Crippen LogP contribution in [0.15, 0.2) is 0 Å². The molecule has 124 valence electrons. The molecule has 0 aromatic heterocycles. The zero-order valence-corrected chi connectivity index (χ0v) is 14.8. The van der Waals surface area contributed by atoms with Gasteiger partial charge in [0.25, 0.3) is 0 Å². The zero-order valence-electron chi connectivity index (χ0n) is 14.8. The van der Waals surface area contributed by atoms with Crippen LogP contribution in [-0.2, 0) is 0 Å². The van der Waals surface area contributed by atoms with Gasteiger partial charge in [0.2, 0.25) is 0 Å². The van der Waals surface area contributed by atoms with Crippen LogP contribution in [0.3, 0.4) is 0 Å². The van der Waals surface area contributed by atoms with Crippen LogP contribution >= 0.6 is 0 Å². The average molecular weight is 296 g/mol. The smallest absolute Gasteiger partial charge is 0.0592 e. The van der Waals surface area contributed by atoms with Crippen molar-refractivity contribution in [3.8, 4) is 0 Å². The number of rotatable bonds is 5. The molecule has 0 saturated heterocycles. The summed E-state index contributed by atoms with van der Waals surface area (Å²) in [6.07, 6.45) is 9.11. The molecule has 0 bridgehead atoms. The Morgan fingerprint density at radius 3 is 2.33 bits per heavy atom. The maximum Gasteiger partial charge on any atom is 0.0592 e. The van der Waals surface area contributed by atoms with E-state index in [0.29, 0.717) is 11.3 Å². The molecule has 4 atom stereocenters. The highest BCUT2D eigenvalue weighted by Gasteiger charge is 2.51. The molecule has 0 spiro atoms. The lowest BCUT2D eigenvalue weighted by Crippen LogP contribution is -2.41. The van der Waals surface area contributed by atoms with Gasteiger partial charge in [-0.3, -0.25) is 0 Å². The topological polar surface area (TPSA) is 40.5 Å². The summed E-state index contributed by atoms with van der Waals surface area (Å²) < 4.78 is 0. The Morgan fingerprint density at radius 2 is 1.71 bits per heavy atom. The first kappa shape index (κ1) is 17.3. The van der Waals surface area contributed by atoms with E-state index in [1.807, 2.05) is 13.8 Å². The van der Waals surface area contributed by atoms with Gasteiger partial charge < -0.3 is 10.2 Å². The fourth-order valence-electron chi connectivity index (χ4n) is 5.01. The molecule has 2 heteroatoms. The Bertz CT molecular complexity index is 355. The second kappa shape index (κ2) is 5.85. The third kappa shape index (κ3) is 4.01. The Kier molecular flexibility index (Phi) is 4.81. The van der Waals surface area contributed by atoms with Crippen LogP contribution in [0.1, 0.15) is 86.0 Å². The van der Waals surface area contributed by atoms with Crippen molar-refractivity contribution in [1.29, 1.82) is 0 Å². The van der Waals surface area contributed by atoms with Crippen LogP contribution in [0.25, 0.3) is 0 Å². The molecule has 2 saturated carbocycles. The molecule has 0 aliphatic heterocycles. The van der Waals surface area contributed by atoms with E-state index >= 15 is 0 Å². The monoisotopic (exact) mass is 296 g/mol. The fraction of sp³-hybridized carbons (Fsp3) is 1.00. The lowest BCUT2D eigenvalue weighted by atomic mass is 9.61. The highest BCUT2D eigenvalue weighted by atomic mass is 16.3. The predicted molar refractivity (Wildman–Crippen MR) is 88.1 cm³/mol. The molecule has 0 heterocycles. The first-order valence-electron chi connectivity index (χ1n) is 8.94. The number of aliphatic hydroxyl groups is 2. The molecule has 2 fully saturated rings. The van der Waals surface area contributed by atoms with Gasteiger partial charge in [0, 0.05) is 0 Å². The van der Waals surface area contributed by atoms with Crippen molar-refractivity contribution in [3.63, 3.8) is 0 Å². The maximum atomic E-state index is 10.3. The van der Waals surface area contributed by atoms with Crippen molar-refractivity contribution in [2.75, 3.05) is 0 Å². The summed E-state index contributed by atoms with van der Waals surface area (Å²) in [6, 6.07) is 0. The van der Waals surface area contributed by atoms with Crippen LogP contribution < -0.4 is 0 Å². The molecule has 2 aliphatic rings. The quantitative estimate of drug-likeness (QED) is 0.782. The number of fused-ring (bicyclic) bond motifs is 1. The van der Waals surface area contributed by atoms with E-state index in [1.54, 1.807) is 0 Å². The molecule has 0 radical (unpaired) electrons. The second-order valence-corrected chi connectivity index (χ2v) is 9.53. The van der Waals surface area contributed by atoms with Gasteiger partial charge >= 0.3 is 0 Å². The van der Waals surface area contributed by atoms with Crippen molar-refractivity contribution in [3.05, 3.63) is 0 Å².